The van der Waals surface area contributed by atoms with E-state index in [2.05, 4.69) is 5.32 Å². The van der Waals surface area contributed by atoms with Gasteiger partial charge in [0.2, 0.25) is 0 Å². The molecular weight excluding hydrogens is 272 g/mol. The standard InChI is InChI=1S/C14H20F4N2/c1-10(2)20(9-14(16,17)18)8-12-6-11(7-19-3)4-5-13(12)15/h4-6,10,19H,7-9H2,1-3H3. The Labute approximate surface area is 116 Å². The first-order valence-corrected chi connectivity index (χ1v) is 6.45. The van der Waals surface area contributed by atoms with Crippen molar-refractivity contribution in [1.29, 1.82) is 0 Å². The van der Waals surface area contributed by atoms with Gasteiger partial charge in [-0.25, -0.2) is 4.39 Å². The van der Waals surface area contributed by atoms with E-state index >= 15 is 0 Å². The summed E-state index contributed by atoms with van der Waals surface area (Å²) in [5.41, 5.74) is 1.13. The maximum Gasteiger partial charge on any atom is 0.401 e. The van der Waals surface area contributed by atoms with E-state index in [4.69, 9.17) is 0 Å². The van der Waals surface area contributed by atoms with Crippen molar-refractivity contribution in [3.63, 3.8) is 0 Å². The Morgan fingerprint density at radius 3 is 2.40 bits per heavy atom. The fourth-order valence-corrected chi connectivity index (χ4v) is 1.93. The van der Waals surface area contributed by atoms with E-state index in [1.54, 1.807) is 33.0 Å². The zero-order chi connectivity index (χ0) is 15.3. The molecule has 0 heterocycles. The van der Waals surface area contributed by atoms with Crippen LogP contribution in [0, 0.1) is 5.82 Å². The highest BCUT2D eigenvalue weighted by atomic mass is 19.4. The summed E-state index contributed by atoms with van der Waals surface area (Å²) in [5.74, 6) is -0.474. The smallest absolute Gasteiger partial charge is 0.316 e. The third-order valence-corrected chi connectivity index (χ3v) is 2.98. The Morgan fingerprint density at radius 2 is 1.90 bits per heavy atom. The van der Waals surface area contributed by atoms with Gasteiger partial charge < -0.3 is 5.32 Å². The Morgan fingerprint density at radius 1 is 1.25 bits per heavy atom. The summed E-state index contributed by atoms with van der Waals surface area (Å²) in [5, 5.41) is 2.93. The normalized spacial score (nSPS) is 12.4. The average Bonchev–Trinajstić information content (AvgIpc) is 2.31. The van der Waals surface area contributed by atoms with Gasteiger partial charge in [0.15, 0.2) is 0 Å². The average molecular weight is 292 g/mol. The van der Waals surface area contributed by atoms with Crippen LogP contribution in [0.25, 0.3) is 0 Å². The molecule has 1 N–H and O–H groups in total. The van der Waals surface area contributed by atoms with E-state index in [1.165, 1.54) is 11.0 Å². The van der Waals surface area contributed by atoms with E-state index in [-0.39, 0.29) is 18.2 Å². The van der Waals surface area contributed by atoms with E-state index in [1.807, 2.05) is 0 Å². The van der Waals surface area contributed by atoms with Crippen molar-refractivity contribution in [3.05, 3.63) is 35.1 Å². The molecule has 0 atom stereocenters. The Hall–Kier alpha value is -1.14. The molecule has 0 saturated carbocycles. The lowest BCUT2D eigenvalue weighted by atomic mass is 10.1. The van der Waals surface area contributed by atoms with Crippen LogP contribution in [-0.2, 0) is 13.1 Å². The zero-order valence-electron chi connectivity index (χ0n) is 11.9. The summed E-state index contributed by atoms with van der Waals surface area (Å²) in [7, 11) is 1.76. The minimum absolute atomic E-state index is 0.0550. The molecule has 1 aromatic carbocycles. The highest BCUT2D eigenvalue weighted by Crippen LogP contribution is 2.21. The number of benzene rings is 1. The zero-order valence-corrected chi connectivity index (χ0v) is 11.9. The molecule has 0 amide bonds. The number of nitrogens with zero attached hydrogens (tertiary/aromatic N) is 1. The van der Waals surface area contributed by atoms with Gasteiger partial charge in [-0.1, -0.05) is 12.1 Å². The fraction of sp³-hybridized carbons (Fsp3) is 0.571. The van der Waals surface area contributed by atoms with Gasteiger partial charge in [-0.3, -0.25) is 4.90 Å². The number of alkyl halides is 3. The van der Waals surface area contributed by atoms with Crippen LogP contribution in [0.1, 0.15) is 25.0 Å². The molecule has 0 aliphatic carbocycles. The third-order valence-electron chi connectivity index (χ3n) is 2.98. The second kappa shape index (κ2) is 7.04. The number of nitrogens with one attached hydrogen (secondary N) is 1. The van der Waals surface area contributed by atoms with Crippen molar-refractivity contribution in [3.8, 4) is 0 Å². The molecule has 0 unspecified atom stereocenters. The molecule has 0 bridgehead atoms. The molecule has 1 rings (SSSR count). The SMILES string of the molecule is CNCc1ccc(F)c(CN(CC(F)(F)F)C(C)C)c1. The Balaban J connectivity index is 2.90. The molecule has 0 spiro atoms. The molecule has 0 aliphatic heterocycles. The number of rotatable bonds is 6. The number of hydrogen-bond acceptors (Lipinski definition) is 2. The molecule has 0 aliphatic rings. The third kappa shape index (κ3) is 5.46. The summed E-state index contributed by atoms with van der Waals surface area (Å²) in [4.78, 5) is 1.21. The van der Waals surface area contributed by atoms with Gasteiger partial charge in [-0.15, -0.1) is 0 Å². The predicted octanol–water partition coefficient (Wildman–Crippen LogP) is 3.32. The lowest BCUT2D eigenvalue weighted by molar-refractivity contribution is -0.151. The van der Waals surface area contributed by atoms with Crippen LogP contribution in [0.15, 0.2) is 18.2 Å². The summed E-state index contributed by atoms with van der Waals surface area (Å²) in [6, 6.07) is 4.22. The first-order valence-electron chi connectivity index (χ1n) is 6.45. The van der Waals surface area contributed by atoms with E-state index < -0.39 is 18.5 Å². The molecule has 20 heavy (non-hydrogen) atoms. The predicted molar refractivity (Wildman–Crippen MR) is 70.8 cm³/mol. The molecule has 0 aromatic heterocycles. The second-order valence-corrected chi connectivity index (χ2v) is 5.07. The largest absolute Gasteiger partial charge is 0.401 e. The fourth-order valence-electron chi connectivity index (χ4n) is 1.93. The van der Waals surface area contributed by atoms with Crippen LogP contribution >= 0.6 is 0 Å². The maximum atomic E-state index is 13.7. The van der Waals surface area contributed by atoms with Crippen LogP contribution < -0.4 is 5.32 Å². The van der Waals surface area contributed by atoms with E-state index in [9.17, 15) is 17.6 Å². The van der Waals surface area contributed by atoms with Crippen molar-refractivity contribution >= 4 is 0 Å². The quantitative estimate of drug-likeness (QED) is 0.809. The Bertz CT molecular complexity index is 430. The van der Waals surface area contributed by atoms with Crippen LogP contribution in [0.3, 0.4) is 0 Å². The van der Waals surface area contributed by atoms with Crippen LogP contribution in [0.2, 0.25) is 0 Å². The molecular formula is C14H20F4N2. The van der Waals surface area contributed by atoms with Gasteiger partial charge >= 0.3 is 6.18 Å². The first kappa shape index (κ1) is 16.9. The maximum absolute atomic E-state index is 13.7. The van der Waals surface area contributed by atoms with Crippen molar-refractivity contribution in [2.75, 3.05) is 13.6 Å². The van der Waals surface area contributed by atoms with Crippen LogP contribution in [-0.4, -0.2) is 30.7 Å². The van der Waals surface area contributed by atoms with Gasteiger partial charge in [0.05, 0.1) is 6.54 Å². The van der Waals surface area contributed by atoms with Gasteiger partial charge in [-0.05, 0) is 32.5 Å². The molecule has 1 aromatic rings. The lowest BCUT2D eigenvalue weighted by Crippen LogP contribution is -2.38. The van der Waals surface area contributed by atoms with Crippen molar-refractivity contribution in [2.45, 2.75) is 39.2 Å². The van der Waals surface area contributed by atoms with Crippen LogP contribution in [0.5, 0.6) is 0 Å². The highest BCUT2D eigenvalue weighted by Gasteiger charge is 2.32. The minimum atomic E-state index is -4.29. The van der Waals surface area contributed by atoms with Crippen molar-refractivity contribution in [2.24, 2.45) is 0 Å². The van der Waals surface area contributed by atoms with Gasteiger partial charge in [0, 0.05) is 24.7 Å². The molecule has 0 saturated heterocycles. The first-order chi connectivity index (χ1) is 9.23. The highest BCUT2D eigenvalue weighted by molar-refractivity contribution is 5.25. The van der Waals surface area contributed by atoms with E-state index in [0.717, 1.165) is 5.56 Å². The van der Waals surface area contributed by atoms with Crippen molar-refractivity contribution < 1.29 is 17.6 Å². The lowest BCUT2D eigenvalue weighted by Gasteiger charge is -2.27. The molecule has 114 valence electrons. The number of halogens is 4. The summed E-state index contributed by atoms with van der Waals surface area (Å²) in [6.45, 7) is 2.79. The van der Waals surface area contributed by atoms with Crippen LogP contribution in [0.4, 0.5) is 17.6 Å². The number of hydrogen-bond donors (Lipinski definition) is 1. The molecule has 0 radical (unpaired) electrons. The summed E-state index contributed by atoms with van der Waals surface area (Å²) < 4.78 is 51.3. The molecule has 6 heteroatoms. The minimum Gasteiger partial charge on any atom is -0.316 e. The topological polar surface area (TPSA) is 15.3 Å². The molecule has 0 fully saturated rings. The Kier molecular flexibility index (Phi) is 5.95. The summed E-state index contributed by atoms with van der Waals surface area (Å²) >= 11 is 0. The van der Waals surface area contributed by atoms with E-state index in [0.29, 0.717) is 6.54 Å². The monoisotopic (exact) mass is 292 g/mol. The van der Waals surface area contributed by atoms with Gasteiger partial charge in [-0.2, -0.15) is 13.2 Å². The van der Waals surface area contributed by atoms with Gasteiger partial charge in [0.1, 0.15) is 5.82 Å². The summed E-state index contributed by atoms with van der Waals surface area (Å²) in [6.07, 6.45) is -4.29. The second-order valence-electron chi connectivity index (χ2n) is 5.07. The van der Waals surface area contributed by atoms with Crippen molar-refractivity contribution in [1.82, 2.24) is 10.2 Å². The van der Waals surface area contributed by atoms with Gasteiger partial charge in [0.25, 0.3) is 0 Å². The molecule has 2 nitrogen and oxygen atoms in total.